The molecular formula is C14H12BrF2NO. The average Bonchev–Trinajstić information content (AvgIpc) is 2.42. The largest absolute Gasteiger partial charge is 0.388 e. The fourth-order valence-electron chi connectivity index (χ4n) is 1.85. The van der Waals surface area contributed by atoms with Crippen molar-refractivity contribution >= 4 is 15.9 Å². The lowest BCUT2D eigenvalue weighted by atomic mass is 10.0. The summed E-state index contributed by atoms with van der Waals surface area (Å²) in [5, 5.41) is 9.95. The van der Waals surface area contributed by atoms with Gasteiger partial charge in [-0.25, -0.2) is 8.78 Å². The lowest BCUT2D eigenvalue weighted by Gasteiger charge is -2.13. The summed E-state index contributed by atoms with van der Waals surface area (Å²) in [6.07, 6.45) is 2.87. The van der Waals surface area contributed by atoms with E-state index < -0.39 is 17.7 Å². The molecule has 0 saturated carbocycles. The molecule has 19 heavy (non-hydrogen) atoms. The summed E-state index contributed by atoms with van der Waals surface area (Å²) >= 11 is 2.98. The highest BCUT2D eigenvalue weighted by molar-refractivity contribution is 9.10. The van der Waals surface area contributed by atoms with E-state index in [-0.39, 0.29) is 16.5 Å². The number of rotatable bonds is 4. The van der Waals surface area contributed by atoms with Gasteiger partial charge in [-0.1, -0.05) is 0 Å². The molecule has 1 aromatic heterocycles. The van der Waals surface area contributed by atoms with Crippen LogP contribution in [-0.4, -0.2) is 10.1 Å². The first-order chi connectivity index (χ1) is 9.09. The second-order valence-electron chi connectivity index (χ2n) is 4.17. The molecule has 100 valence electrons. The van der Waals surface area contributed by atoms with Gasteiger partial charge in [0.2, 0.25) is 0 Å². The molecule has 1 aromatic carbocycles. The summed E-state index contributed by atoms with van der Waals surface area (Å²) in [5.41, 5.74) is 0.674. The van der Waals surface area contributed by atoms with Gasteiger partial charge in [-0.05, 0) is 58.6 Å². The highest BCUT2D eigenvalue weighted by Crippen LogP contribution is 2.29. The van der Waals surface area contributed by atoms with Gasteiger partial charge < -0.3 is 5.11 Å². The Kier molecular flexibility index (Phi) is 4.61. The van der Waals surface area contributed by atoms with Crippen molar-refractivity contribution in [3.05, 3.63) is 63.9 Å². The maximum absolute atomic E-state index is 13.8. The third-order valence-electron chi connectivity index (χ3n) is 2.87. The Morgan fingerprint density at radius 1 is 1.16 bits per heavy atom. The van der Waals surface area contributed by atoms with E-state index >= 15 is 0 Å². The van der Waals surface area contributed by atoms with E-state index in [1.807, 2.05) is 0 Å². The van der Waals surface area contributed by atoms with Crippen molar-refractivity contribution < 1.29 is 13.9 Å². The number of hydrogen-bond acceptors (Lipinski definition) is 2. The Balaban J connectivity index is 2.12. The third-order valence-corrected chi connectivity index (χ3v) is 3.48. The van der Waals surface area contributed by atoms with Gasteiger partial charge in [0.05, 0.1) is 16.1 Å². The van der Waals surface area contributed by atoms with E-state index in [0.717, 1.165) is 11.6 Å². The summed E-state index contributed by atoms with van der Waals surface area (Å²) < 4.78 is 27.5. The molecular weight excluding hydrogens is 316 g/mol. The number of aliphatic hydroxyl groups is 1. The zero-order chi connectivity index (χ0) is 13.8. The van der Waals surface area contributed by atoms with E-state index in [9.17, 15) is 13.9 Å². The zero-order valence-electron chi connectivity index (χ0n) is 9.98. The Morgan fingerprint density at radius 2 is 1.84 bits per heavy atom. The second kappa shape index (κ2) is 6.21. The maximum Gasteiger partial charge on any atom is 0.146 e. The minimum Gasteiger partial charge on any atom is -0.388 e. The van der Waals surface area contributed by atoms with Gasteiger partial charge in [0.15, 0.2) is 0 Å². The number of pyridine rings is 1. The van der Waals surface area contributed by atoms with Gasteiger partial charge in [-0.15, -0.1) is 0 Å². The SMILES string of the molecule is OC(CCc1ccncc1)c1c(F)ccc(Br)c1F. The summed E-state index contributed by atoms with van der Waals surface area (Å²) in [7, 11) is 0. The van der Waals surface area contributed by atoms with Gasteiger partial charge in [0.1, 0.15) is 11.6 Å². The van der Waals surface area contributed by atoms with Crippen LogP contribution in [-0.2, 0) is 6.42 Å². The molecule has 0 fully saturated rings. The number of halogens is 3. The maximum atomic E-state index is 13.8. The van der Waals surface area contributed by atoms with Crippen LogP contribution in [0.5, 0.6) is 0 Å². The molecule has 0 spiro atoms. The fraction of sp³-hybridized carbons (Fsp3) is 0.214. The summed E-state index contributed by atoms with van der Waals surface area (Å²) in [5.74, 6) is -1.48. The van der Waals surface area contributed by atoms with E-state index in [1.54, 1.807) is 24.5 Å². The van der Waals surface area contributed by atoms with Crippen LogP contribution >= 0.6 is 15.9 Å². The first kappa shape index (κ1) is 14.1. The molecule has 2 aromatic rings. The van der Waals surface area contributed by atoms with E-state index in [1.165, 1.54) is 6.07 Å². The second-order valence-corrected chi connectivity index (χ2v) is 5.02. The fourth-order valence-corrected chi connectivity index (χ4v) is 2.19. The normalized spacial score (nSPS) is 12.4. The third kappa shape index (κ3) is 3.36. The standard InChI is InChI=1S/C14H12BrF2NO/c15-10-2-3-11(16)13(14(10)17)12(19)4-1-9-5-7-18-8-6-9/h2-3,5-8,12,19H,1,4H2. The van der Waals surface area contributed by atoms with Gasteiger partial charge in [-0.3, -0.25) is 4.98 Å². The van der Waals surface area contributed by atoms with Crippen molar-refractivity contribution in [2.24, 2.45) is 0 Å². The quantitative estimate of drug-likeness (QED) is 0.867. The Labute approximate surface area is 118 Å². The van der Waals surface area contributed by atoms with Crippen LogP contribution in [0.2, 0.25) is 0 Å². The highest BCUT2D eigenvalue weighted by Gasteiger charge is 2.19. The van der Waals surface area contributed by atoms with Crippen LogP contribution in [0.4, 0.5) is 8.78 Å². The van der Waals surface area contributed by atoms with Crippen LogP contribution < -0.4 is 0 Å². The van der Waals surface area contributed by atoms with Crippen LogP contribution in [0.25, 0.3) is 0 Å². The topological polar surface area (TPSA) is 33.1 Å². The predicted molar refractivity (Wildman–Crippen MR) is 71.6 cm³/mol. The molecule has 1 atom stereocenters. The lowest BCUT2D eigenvalue weighted by Crippen LogP contribution is -2.06. The zero-order valence-corrected chi connectivity index (χ0v) is 11.6. The van der Waals surface area contributed by atoms with Crippen LogP contribution in [0, 0.1) is 11.6 Å². The van der Waals surface area contributed by atoms with Gasteiger partial charge in [-0.2, -0.15) is 0 Å². The molecule has 5 heteroatoms. The first-order valence-electron chi connectivity index (χ1n) is 5.80. The van der Waals surface area contributed by atoms with Gasteiger partial charge >= 0.3 is 0 Å². The summed E-state index contributed by atoms with van der Waals surface area (Å²) in [4.78, 5) is 3.88. The number of benzene rings is 1. The smallest absolute Gasteiger partial charge is 0.146 e. The van der Waals surface area contributed by atoms with Crippen molar-refractivity contribution in [2.75, 3.05) is 0 Å². The first-order valence-corrected chi connectivity index (χ1v) is 6.59. The molecule has 0 aliphatic carbocycles. The van der Waals surface area contributed by atoms with Crippen molar-refractivity contribution in [2.45, 2.75) is 18.9 Å². The van der Waals surface area contributed by atoms with Crippen molar-refractivity contribution in [3.63, 3.8) is 0 Å². The minimum absolute atomic E-state index is 0.145. The molecule has 1 heterocycles. The molecule has 0 amide bonds. The van der Waals surface area contributed by atoms with Gasteiger partial charge in [0.25, 0.3) is 0 Å². The number of nitrogens with zero attached hydrogens (tertiary/aromatic N) is 1. The van der Waals surface area contributed by atoms with E-state index in [2.05, 4.69) is 20.9 Å². The summed E-state index contributed by atoms with van der Waals surface area (Å²) in [6.45, 7) is 0. The molecule has 0 saturated heterocycles. The number of aryl methyl sites for hydroxylation is 1. The molecule has 0 bridgehead atoms. The molecule has 0 aliphatic rings. The molecule has 0 aliphatic heterocycles. The van der Waals surface area contributed by atoms with Crippen molar-refractivity contribution in [3.8, 4) is 0 Å². The van der Waals surface area contributed by atoms with E-state index in [4.69, 9.17) is 0 Å². The van der Waals surface area contributed by atoms with Gasteiger partial charge in [0, 0.05) is 12.4 Å². The lowest BCUT2D eigenvalue weighted by molar-refractivity contribution is 0.158. The molecule has 0 radical (unpaired) electrons. The predicted octanol–water partition coefficient (Wildman–Crippen LogP) is 3.79. The number of aromatic nitrogens is 1. The molecule has 2 nitrogen and oxygen atoms in total. The monoisotopic (exact) mass is 327 g/mol. The average molecular weight is 328 g/mol. The van der Waals surface area contributed by atoms with Crippen molar-refractivity contribution in [1.82, 2.24) is 4.98 Å². The van der Waals surface area contributed by atoms with Crippen LogP contribution in [0.15, 0.2) is 41.1 Å². The Morgan fingerprint density at radius 3 is 2.53 bits per heavy atom. The number of aliphatic hydroxyl groups excluding tert-OH is 1. The molecule has 1 N–H and O–H groups in total. The summed E-state index contributed by atoms with van der Waals surface area (Å²) in [6, 6.07) is 6.03. The molecule has 2 rings (SSSR count). The van der Waals surface area contributed by atoms with Crippen molar-refractivity contribution in [1.29, 1.82) is 0 Å². The molecule has 1 unspecified atom stereocenters. The highest BCUT2D eigenvalue weighted by atomic mass is 79.9. The minimum atomic E-state index is -1.18. The Hall–Kier alpha value is -1.33. The number of hydrogen-bond donors (Lipinski definition) is 1. The van der Waals surface area contributed by atoms with Crippen LogP contribution in [0.1, 0.15) is 23.7 Å². The van der Waals surface area contributed by atoms with E-state index in [0.29, 0.717) is 6.42 Å². The van der Waals surface area contributed by atoms with Crippen LogP contribution in [0.3, 0.4) is 0 Å². The Bertz CT molecular complexity index is 563.